The molecule has 744 valence electrons. The van der Waals surface area contributed by atoms with Crippen LogP contribution in [0, 0.1) is 142 Å². The lowest BCUT2D eigenvalue weighted by Crippen LogP contribution is -2.50. The lowest BCUT2D eigenvalue weighted by atomic mass is 9.48. The van der Waals surface area contributed by atoms with Gasteiger partial charge in [0.1, 0.15) is 63.2 Å². The normalized spacial score (nSPS) is 27.4. The number of fused-ring (bicyclic) bond motifs is 14. The van der Waals surface area contributed by atoms with Crippen LogP contribution in [0.25, 0.3) is 0 Å². The van der Waals surface area contributed by atoms with Crippen molar-refractivity contribution in [2.45, 2.75) is 277 Å². The molecule has 24 rings (SSSR count). The summed E-state index contributed by atoms with van der Waals surface area (Å²) in [7, 11) is 0. The van der Waals surface area contributed by atoms with E-state index in [0.717, 1.165) is 87.1 Å². The van der Waals surface area contributed by atoms with Crippen LogP contribution in [0.2, 0.25) is 0 Å². The van der Waals surface area contributed by atoms with Gasteiger partial charge in [-0.1, -0.05) is 243 Å². The largest absolute Gasteiger partial charge is 0.508 e. The number of rotatable bonds is 12. The molecule has 11 N–H and O–H groups in total. The van der Waals surface area contributed by atoms with E-state index in [0.29, 0.717) is 98.8 Å². The first-order chi connectivity index (χ1) is 67.9. The lowest BCUT2D eigenvalue weighted by molar-refractivity contribution is 0.0741. The minimum atomic E-state index is -0.137. The molecule has 8 bridgehead atoms. The molecule has 15 atom stereocenters. The van der Waals surface area contributed by atoms with Crippen molar-refractivity contribution in [2.24, 2.45) is 93.7 Å². The van der Waals surface area contributed by atoms with Crippen LogP contribution in [-0.2, 0) is 32.5 Å². The van der Waals surface area contributed by atoms with E-state index in [9.17, 15) is 56.2 Å². The Morgan fingerprint density at radius 2 is 0.472 bits per heavy atom. The van der Waals surface area contributed by atoms with Crippen LogP contribution in [0.5, 0.6) is 63.2 Å². The zero-order valence-electron chi connectivity index (χ0n) is 86.2. The van der Waals surface area contributed by atoms with Gasteiger partial charge in [0.15, 0.2) is 0 Å². The Labute approximate surface area is 844 Å². The summed E-state index contributed by atoms with van der Waals surface area (Å²) in [6.45, 7) is 28.3. The first kappa shape index (κ1) is 99.2. The highest BCUT2D eigenvalue weighted by Crippen LogP contribution is 2.72. The topological polar surface area (TPSA) is 223 Å². The molecular formula is C131H154O11. The fourth-order valence-electron chi connectivity index (χ4n) is 33.4. The SMILES string of the molecule is Cc1cc(C2(c3ccc(O)c(C)c3)C(C)CCCC2(C)C)ccc1O.Cc1cc(C2(c3ccc(O)c(C)c3)CC3CC2C2CCCC32)ccc1O.Cc1cc(C2(c3ccc(O)c(C)c3)CC3CCC2C3)ccc1O.Cc1ccc(C2(c3ccc(O)cc3)C(C)CCCC2(C)C)cc1.Oc1ccc(C2(c3ccc(O)cc3)CC3CC2C2CCCC32)cc1.Oc1ccc(C2(c3ccc(O)cc3)CC3CCC2C3)cc1. The summed E-state index contributed by atoms with van der Waals surface area (Å²) < 4.78 is 0. The first-order valence-corrected chi connectivity index (χ1v) is 53.8. The fourth-order valence-corrected chi connectivity index (χ4v) is 33.4. The second-order valence-electron chi connectivity index (χ2n) is 47.8. The highest BCUT2D eigenvalue weighted by molar-refractivity contribution is 5.57. The summed E-state index contributed by atoms with van der Waals surface area (Å²) in [6.07, 6.45) is 31.1. The number of phenolic OH excluding ortho intramolecular Hbond substituents is 11. The van der Waals surface area contributed by atoms with Gasteiger partial charge in [0.25, 0.3) is 0 Å². The zero-order valence-corrected chi connectivity index (χ0v) is 86.2. The smallest absolute Gasteiger partial charge is 0.118 e. The molecule has 15 unspecified atom stereocenters. The Bertz CT molecular complexity index is 6210. The quantitative estimate of drug-likeness (QED) is 0.0552. The second-order valence-corrected chi connectivity index (χ2v) is 47.8. The molecule has 0 aromatic heterocycles. The molecule has 0 radical (unpaired) electrons. The van der Waals surface area contributed by atoms with E-state index < -0.39 is 0 Å². The summed E-state index contributed by atoms with van der Waals surface area (Å²) >= 11 is 0. The highest BCUT2D eigenvalue weighted by atomic mass is 16.3. The molecule has 12 fully saturated rings. The Morgan fingerprint density at radius 1 is 0.225 bits per heavy atom. The van der Waals surface area contributed by atoms with Crippen LogP contribution in [0.1, 0.15) is 301 Å². The Balaban J connectivity index is 0.000000108. The van der Waals surface area contributed by atoms with Crippen LogP contribution in [-0.4, -0.2) is 56.2 Å². The predicted octanol–water partition coefficient (Wildman–Crippen LogP) is 31.0. The highest BCUT2D eigenvalue weighted by Gasteiger charge is 2.65. The molecular weight excluding hydrogens is 1750 g/mol. The maximum atomic E-state index is 10.1. The van der Waals surface area contributed by atoms with Gasteiger partial charge in [-0.25, -0.2) is 0 Å². The number of hydrogen-bond acceptors (Lipinski definition) is 11. The molecule has 0 aliphatic heterocycles. The predicted molar refractivity (Wildman–Crippen MR) is 572 cm³/mol. The van der Waals surface area contributed by atoms with Crippen LogP contribution < -0.4 is 0 Å². The monoisotopic (exact) mass is 1900 g/mol. The van der Waals surface area contributed by atoms with Crippen molar-refractivity contribution >= 4 is 0 Å². The Morgan fingerprint density at radius 3 is 0.761 bits per heavy atom. The van der Waals surface area contributed by atoms with Gasteiger partial charge in [-0.2, -0.15) is 0 Å². The van der Waals surface area contributed by atoms with E-state index in [1.54, 1.807) is 24.3 Å². The van der Waals surface area contributed by atoms with Crippen molar-refractivity contribution < 1.29 is 56.2 Å². The van der Waals surface area contributed by atoms with E-state index in [4.69, 9.17) is 0 Å². The molecule has 0 saturated heterocycles. The lowest BCUT2D eigenvalue weighted by Gasteiger charge is -2.55. The minimum absolute atomic E-state index is 0.00729. The van der Waals surface area contributed by atoms with Crippen molar-refractivity contribution in [1.29, 1.82) is 0 Å². The summed E-state index contributed by atoms with van der Waals surface area (Å²) in [5.41, 5.74) is 23.2. The summed E-state index contributed by atoms with van der Waals surface area (Å²) in [6, 6.07) is 85.1. The van der Waals surface area contributed by atoms with Crippen molar-refractivity contribution in [3.8, 4) is 63.2 Å². The second kappa shape index (κ2) is 38.9. The van der Waals surface area contributed by atoms with E-state index in [2.05, 4.69) is 206 Å². The summed E-state index contributed by atoms with van der Waals surface area (Å²) in [5.74, 6) is 14.5. The van der Waals surface area contributed by atoms with Gasteiger partial charge in [0, 0.05) is 32.5 Å². The third kappa shape index (κ3) is 17.2. The standard InChI is InChI=1S/C24H28O2.C23H30O2.C22H24O2.C22H28O.C21H24O2.C19H20O2/c1-14-10-17(6-8-22(14)25)24(18-7-9-23(26)15(2)11-18)13-16-12-21(24)20-5-3-4-19(16)20;1-15-13-18(8-10-20(15)24)23(17(3)7-6-12-22(23,4)5)19-9-11-21(25)16(2)14-19;23-17-8-4-15(5-9-17)22(16-6-10-18(24)11-7-16)13-14-12-21(22)20-3-1-2-19(14)20;1-16-7-9-18(10-8-16)22(19-11-13-20(23)14-12-19)17(2)6-5-15-21(22,3)4;1-13-9-16(5-7-19(13)22)21(12-15-3-4-18(21)11-15)17-6-8-20(23)14(2)10-17;20-17-7-3-14(4-8-17)19(12-13-1-2-16(19)11-13)15-5-9-18(21)10-6-15/h6-11,16,19-21,25-26H,3-5,12-13H2,1-2H3;8-11,13-14,17,24-25H,6-7,12H2,1-5H3;4-11,14,19-21,23-24H,1-3,12-13H2;7-14,17,23H,5-6,15H2,1-4H3;5-10,15,18,22-23H,3-4,11-12H2,1-2H3;3-10,13,16,20-21H,1-2,11-12H2. The van der Waals surface area contributed by atoms with Gasteiger partial charge in [0.05, 0.1) is 0 Å². The third-order valence-electron chi connectivity index (χ3n) is 39.7. The number of benzene rings is 12. The van der Waals surface area contributed by atoms with Gasteiger partial charge in [0.2, 0.25) is 0 Å². The van der Waals surface area contributed by atoms with Gasteiger partial charge >= 0.3 is 0 Å². The van der Waals surface area contributed by atoms with Crippen molar-refractivity contribution in [3.05, 3.63) is 360 Å². The van der Waals surface area contributed by atoms with E-state index in [-0.39, 0.29) is 43.3 Å². The summed E-state index contributed by atoms with van der Waals surface area (Å²) in [5, 5.41) is 108. The average molecular weight is 1900 g/mol. The molecule has 12 aliphatic rings. The Hall–Kier alpha value is -11.6. The molecule has 12 aliphatic carbocycles. The number of phenols is 11. The Kier molecular flexibility index (Phi) is 27.1. The molecule has 11 heteroatoms. The number of aromatic hydroxyl groups is 11. The first-order valence-electron chi connectivity index (χ1n) is 53.8. The van der Waals surface area contributed by atoms with Crippen LogP contribution in [0.15, 0.2) is 255 Å². The van der Waals surface area contributed by atoms with Crippen LogP contribution in [0.4, 0.5) is 0 Å². The number of aryl methyl sites for hydroxylation is 7. The van der Waals surface area contributed by atoms with Gasteiger partial charge in [-0.15, -0.1) is 0 Å². The molecule has 142 heavy (non-hydrogen) atoms. The zero-order chi connectivity index (χ0) is 100. The molecule has 12 aromatic carbocycles. The van der Waals surface area contributed by atoms with E-state index in [1.807, 2.05) is 114 Å². The van der Waals surface area contributed by atoms with Gasteiger partial charge < -0.3 is 56.2 Å². The van der Waals surface area contributed by atoms with Crippen LogP contribution in [0.3, 0.4) is 0 Å². The molecule has 12 saturated carbocycles. The maximum absolute atomic E-state index is 10.1. The molecule has 0 heterocycles. The minimum Gasteiger partial charge on any atom is -0.508 e. The van der Waals surface area contributed by atoms with Crippen molar-refractivity contribution in [3.63, 3.8) is 0 Å². The van der Waals surface area contributed by atoms with Gasteiger partial charge in [-0.3, -0.25) is 0 Å². The average Bonchev–Trinajstić information content (AvgIpc) is 1.66. The molecule has 0 amide bonds. The third-order valence-corrected chi connectivity index (χ3v) is 39.7. The molecule has 11 nitrogen and oxygen atoms in total. The van der Waals surface area contributed by atoms with Crippen LogP contribution >= 0.6 is 0 Å². The summed E-state index contributed by atoms with van der Waals surface area (Å²) in [4.78, 5) is 0. The van der Waals surface area contributed by atoms with Crippen molar-refractivity contribution in [2.75, 3.05) is 0 Å². The fraction of sp³-hybridized carbons (Fsp3) is 0.450. The van der Waals surface area contributed by atoms with Gasteiger partial charge in [-0.05, 0) is 455 Å². The van der Waals surface area contributed by atoms with E-state index >= 15 is 0 Å². The number of hydrogen-bond donors (Lipinski definition) is 11. The molecule has 0 spiro atoms. The maximum Gasteiger partial charge on any atom is 0.118 e. The van der Waals surface area contributed by atoms with Crippen molar-refractivity contribution in [1.82, 2.24) is 0 Å². The van der Waals surface area contributed by atoms with E-state index in [1.165, 1.54) is 220 Å². The molecule has 12 aromatic rings.